The first-order valence-corrected chi connectivity index (χ1v) is 10.6. The van der Waals surface area contributed by atoms with Crippen molar-refractivity contribution in [1.29, 1.82) is 0 Å². The Balaban J connectivity index is 1.74. The molecule has 0 aliphatic rings. The Hall–Kier alpha value is -4.36. The first-order valence-electron chi connectivity index (χ1n) is 10.6. The van der Waals surface area contributed by atoms with Gasteiger partial charge in [0.1, 0.15) is 5.69 Å². The first-order chi connectivity index (χ1) is 16.3. The molecule has 0 fully saturated rings. The maximum absolute atomic E-state index is 13.5. The number of anilines is 1. The van der Waals surface area contributed by atoms with E-state index in [9.17, 15) is 19.5 Å². The Morgan fingerprint density at radius 2 is 1.76 bits per heavy atom. The van der Waals surface area contributed by atoms with E-state index in [1.165, 1.54) is 19.1 Å². The number of aromatic nitrogens is 1. The van der Waals surface area contributed by atoms with Gasteiger partial charge in [-0.15, -0.1) is 0 Å². The van der Waals surface area contributed by atoms with Gasteiger partial charge < -0.3 is 14.9 Å². The Kier molecular flexibility index (Phi) is 6.21. The van der Waals surface area contributed by atoms with Crippen LogP contribution in [0.5, 0.6) is 0 Å². The van der Waals surface area contributed by atoms with Gasteiger partial charge in [0.05, 0.1) is 5.39 Å². The van der Waals surface area contributed by atoms with E-state index in [2.05, 4.69) is 17.1 Å². The predicted octanol–water partition coefficient (Wildman–Crippen LogP) is 4.10. The monoisotopic (exact) mass is 454 g/mol. The average molecular weight is 454 g/mol. The Morgan fingerprint density at radius 3 is 2.41 bits per heavy atom. The molecule has 1 amide bonds. The number of rotatable bonds is 7. The molecule has 4 aromatic rings. The second-order valence-electron chi connectivity index (χ2n) is 7.93. The van der Waals surface area contributed by atoms with Crippen molar-refractivity contribution in [2.24, 2.45) is 0 Å². The quantitative estimate of drug-likeness (QED) is 0.407. The molecule has 4 rings (SSSR count). The third-order valence-corrected chi connectivity index (χ3v) is 5.64. The van der Waals surface area contributed by atoms with E-state index in [0.29, 0.717) is 33.3 Å². The van der Waals surface area contributed by atoms with E-state index in [1.807, 2.05) is 30.3 Å². The normalized spacial score (nSPS) is 12.6. The van der Waals surface area contributed by atoms with E-state index < -0.39 is 17.1 Å². The summed E-state index contributed by atoms with van der Waals surface area (Å²) in [5, 5.41) is 18.9. The minimum atomic E-state index is -1.93. The van der Waals surface area contributed by atoms with Crippen LogP contribution in [0.4, 0.5) is 5.69 Å². The highest BCUT2D eigenvalue weighted by Gasteiger charge is 2.38. The molecule has 7 nitrogen and oxygen atoms in total. The molecule has 1 atom stereocenters. The molecule has 34 heavy (non-hydrogen) atoms. The number of benzene rings is 3. The van der Waals surface area contributed by atoms with Crippen LogP contribution in [0.3, 0.4) is 0 Å². The Bertz CT molecular complexity index is 1440. The second kappa shape index (κ2) is 9.25. The minimum absolute atomic E-state index is 0.00965. The topological polar surface area (TPSA) is 110 Å². The number of nitrogens with zero attached hydrogens (tertiary/aromatic N) is 1. The highest BCUT2D eigenvalue weighted by Crippen LogP contribution is 2.29. The highest BCUT2D eigenvalue weighted by atomic mass is 16.5. The largest absolute Gasteiger partial charge is 0.375 e. The van der Waals surface area contributed by atoms with Crippen molar-refractivity contribution in [2.75, 3.05) is 5.32 Å². The molecule has 0 spiro atoms. The van der Waals surface area contributed by atoms with Gasteiger partial charge >= 0.3 is 5.63 Å². The highest BCUT2D eigenvalue weighted by molar-refractivity contribution is 6.01. The summed E-state index contributed by atoms with van der Waals surface area (Å²) in [4.78, 5) is 37.1. The molecule has 0 saturated heterocycles. The lowest BCUT2D eigenvalue weighted by Crippen LogP contribution is -2.42. The van der Waals surface area contributed by atoms with E-state index in [0.717, 1.165) is 5.56 Å². The van der Waals surface area contributed by atoms with Gasteiger partial charge in [-0.05, 0) is 42.3 Å². The second-order valence-corrected chi connectivity index (χ2v) is 7.93. The number of amides is 1. The molecule has 0 aliphatic heterocycles. The van der Waals surface area contributed by atoms with Crippen LogP contribution in [0, 0.1) is 0 Å². The fourth-order valence-corrected chi connectivity index (χ4v) is 3.77. The van der Waals surface area contributed by atoms with Gasteiger partial charge in [0.2, 0.25) is 0 Å². The third-order valence-electron chi connectivity index (χ3n) is 5.64. The molecular weight excluding hydrogens is 432 g/mol. The number of fused-ring (bicyclic) bond motifs is 1. The van der Waals surface area contributed by atoms with Gasteiger partial charge in [0.25, 0.3) is 5.91 Å². The van der Waals surface area contributed by atoms with Gasteiger partial charge in [-0.1, -0.05) is 66.3 Å². The molecule has 0 saturated carbocycles. The summed E-state index contributed by atoms with van der Waals surface area (Å²) in [6.07, 6.45) is 1.45. The number of carbonyl (C=O) groups is 2. The zero-order chi connectivity index (χ0) is 24.3. The molecule has 0 radical (unpaired) electrons. The van der Waals surface area contributed by atoms with Crippen LogP contribution in [0.25, 0.3) is 16.8 Å². The van der Waals surface area contributed by atoms with Crippen molar-refractivity contribution in [3.63, 3.8) is 0 Å². The summed E-state index contributed by atoms with van der Waals surface area (Å²) in [6, 6.07) is 20.1. The lowest BCUT2D eigenvalue weighted by atomic mass is 9.85. The zero-order valence-electron chi connectivity index (χ0n) is 18.4. The van der Waals surface area contributed by atoms with Crippen molar-refractivity contribution in [1.82, 2.24) is 5.16 Å². The molecule has 0 aliphatic carbocycles. The van der Waals surface area contributed by atoms with Gasteiger partial charge in [-0.25, -0.2) is 4.79 Å². The summed E-state index contributed by atoms with van der Waals surface area (Å²) < 4.78 is 4.76. The van der Waals surface area contributed by atoms with Crippen LogP contribution in [0.1, 0.15) is 34.1 Å². The molecule has 1 heterocycles. The number of aliphatic hydroxyl groups is 1. The Morgan fingerprint density at radius 1 is 1.06 bits per heavy atom. The van der Waals surface area contributed by atoms with Crippen molar-refractivity contribution >= 4 is 34.2 Å². The SMILES string of the molecule is C=Cc1noc(=O)c2ccc(NC(=O)C(O)(Cc3ccccc3)c3ccc(C(C)=O)cc3)cc12. The Labute approximate surface area is 195 Å². The zero-order valence-corrected chi connectivity index (χ0v) is 18.4. The van der Waals surface area contributed by atoms with Crippen LogP contribution in [0.2, 0.25) is 0 Å². The van der Waals surface area contributed by atoms with Crippen LogP contribution in [-0.2, 0) is 16.8 Å². The van der Waals surface area contributed by atoms with Gasteiger partial charge in [-0.3, -0.25) is 9.59 Å². The van der Waals surface area contributed by atoms with Gasteiger partial charge in [0.15, 0.2) is 11.4 Å². The molecule has 170 valence electrons. The van der Waals surface area contributed by atoms with E-state index in [1.54, 1.807) is 36.4 Å². The number of nitrogens with one attached hydrogen (secondary N) is 1. The maximum atomic E-state index is 13.5. The summed E-state index contributed by atoms with van der Waals surface area (Å²) in [6.45, 7) is 5.12. The van der Waals surface area contributed by atoms with Crippen molar-refractivity contribution in [2.45, 2.75) is 18.9 Å². The molecule has 7 heteroatoms. The standard InChI is InChI=1S/C27H22N2O5/c1-3-24-23-15-21(13-14-22(23)25(31)34-29-24)28-26(32)27(33,16-18-7-5-4-6-8-18)20-11-9-19(10-12-20)17(2)30/h3-15,33H,1,16H2,2H3,(H,28,32). The van der Waals surface area contributed by atoms with Crippen molar-refractivity contribution < 1.29 is 19.2 Å². The first kappa shape index (κ1) is 22.8. The van der Waals surface area contributed by atoms with Crippen LogP contribution < -0.4 is 10.9 Å². The van der Waals surface area contributed by atoms with E-state index in [4.69, 9.17) is 4.52 Å². The van der Waals surface area contributed by atoms with Crippen molar-refractivity contribution in [3.8, 4) is 0 Å². The lowest BCUT2D eigenvalue weighted by molar-refractivity contribution is -0.135. The molecular formula is C27H22N2O5. The number of Topliss-reactive ketones (excluding diaryl/α,β-unsaturated/α-hetero) is 1. The fraction of sp³-hybridized carbons (Fsp3) is 0.111. The van der Waals surface area contributed by atoms with Crippen molar-refractivity contribution in [3.05, 3.63) is 112 Å². The number of ketones is 1. The summed E-state index contributed by atoms with van der Waals surface area (Å²) >= 11 is 0. The minimum Gasteiger partial charge on any atom is -0.375 e. The molecule has 3 aromatic carbocycles. The van der Waals surface area contributed by atoms with Gasteiger partial charge in [0, 0.05) is 23.1 Å². The van der Waals surface area contributed by atoms with Crippen LogP contribution in [-0.4, -0.2) is 22.0 Å². The third kappa shape index (κ3) is 4.42. The summed E-state index contributed by atoms with van der Waals surface area (Å²) in [5.74, 6) is -0.780. The average Bonchev–Trinajstić information content (AvgIpc) is 2.85. The predicted molar refractivity (Wildman–Crippen MR) is 129 cm³/mol. The number of hydrogen-bond acceptors (Lipinski definition) is 6. The summed E-state index contributed by atoms with van der Waals surface area (Å²) in [7, 11) is 0. The van der Waals surface area contributed by atoms with E-state index in [-0.39, 0.29) is 12.2 Å². The number of hydrogen-bond donors (Lipinski definition) is 2. The number of carbonyl (C=O) groups excluding carboxylic acids is 2. The molecule has 1 aromatic heterocycles. The molecule has 2 N–H and O–H groups in total. The fourth-order valence-electron chi connectivity index (χ4n) is 3.77. The van der Waals surface area contributed by atoms with E-state index >= 15 is 0 Å². The smallest absolute Gasteiger partial charge is 0.366 e. The van der Waals surface area contributed by atoms with Crippen LogP contribution >= 0.6 is 0 Å². The molecule has 0 bridgehead atoms. The van der Waals surface area contributed by atoms with Gasteiger partial charge in [-0.2, -0.15) is 0 Å². The lowest BCUT2D eigenvalue weighted by Gasteiger charge is -2.28. The summed E-state index contributed by atoms with van der Waals surface area (Å²) in [5.41, 5.74) is -0.252. The maximum Gasteiger partial charge on any atom is 0.366 e. The van der Waals surface area contributed by atoms with Crippen LogP contribution in [0.15, 0.2) is 88.7 Å². The molecule has 1 unspecified atom stereocenters.